The summed E-state index contributed by atoms with van der Waals surface area (Å²) in [5.74, 6) is -1.18. The lowest BCUT2D eigenvalue weighted by Crippen LogP contribution is -2.57. The molecule has 2 saturated heterocycles. The normalized spacial score (nSPS) is 53.0. The molecule has 0 aromatic carbocycles. The van der Waals surface area contributed by atoms with E-state index < -0.39 is 17.7 Å². The van der Waals surface area contributed by atoms with Gasteiger partial charge in [0.05, 0.1) is 12.2 Å². The molecule has 3 aliphatic rings. The topological polar surface area (TPSA) is 57.2 Å². The third-order valence-electron chi connectivity index (χ3n) is 4.04. The average Bonchev–Trinajstić information content (AvgIpc) is 2.72. The summed E-state index contributed by atoms with van der Waals surface area (Å²) in [6, 6.07) is 0. The van der Waals surface area contributed by atoms with Gasteiger partial charge in [0.1, 0.15) is 18.3 Å². The lowest BCUT2D eigenvalue weighted by molar-refractivity contribution is -0.180. The highest BCUT2D eigenvalue weighted by Crippen LogP contribution is 2.46. The third kappa shape index (κ3) is 1.80. The van der Waals surface area contributed by atoms with Gasteiger partial charge in [-0.1, -0.05) is 6.92 Å². The monoisotopic (exact) mass is 258 g/mol. The number of hydrogen-bond donors (Lipinski definition) is 1. The maximum absolute atomic E-state index is 10.4. The number of hydrogen-bond acceptors (Lipinski definition) is 5. The predicted octanol–water partition coefficient (Wildman–Crippen LogP) is 1.04. The van der Waals surface area contributed by atoms with Crippen molar-refractivity contribution >= 4 is 0 Å². The summed E-state index contributed by atoms with van der Waals surface area (Å²) in [4.78, 5) is 0. The van der Waals surface area contributed by atoms with E-state index in [1.54, 1.807) is 0 Å². The summed E-state index contributed by atoms with van der Waals surface area (Å²) in [7, 11) is 0. The molecule has 1 saturated carbocycles. The van der Waals surface area contributed by atoms with Crippen molar-refractivity contribution in [2.75, 3.05) is 0 Å². The van der Waals surface area contributed by atoms with Crippen LogP contribution in [0.2, 0.25) is 0 Å². The van der Waals surface area contributed by atoms with Crippen molar-refractivity contribution < 1.29 is 24.1 Å². The predicted molar refractivity (Wildman–Crippen MR) is 62.8 cm³/mol. The molecule has 2 heterocycles. The van der Waals surface area contributed by atoms with Crippen LogP contribution in [0.1, 0.15) is 34.6 Å². The van der Waals surface area contributed by atoms with Crippen LogP contribution in [0, 0.1) is 5.92 Å². The fourth-order valence-corrected chi connectivity index (χ4v) is 3.35. The van der Waals surface area contributed by atoms with Gasteiger partial charge in [0.25, 0.3) is 0 Å². The summed E-state index contributed by atoms with van der Waals surface area (Å²) < 4.78 is 23.4. The molecular weight excluding hydrogens is 236 g/mol. The molecule has 5 nitrogen and oxygen atoms in total. The SMILES string of the molecule is CC1[C@H]2OC(C)(C)O[C@@H]2C(O)[C@@H]2OC(C)(C)O[C@@H]12. The summed E-state index contributed by atoms with van der Waals surface area (Å²) in [5, 5.41) is 10.4. The lowest BCUT2D eigenvalue weighted by Gasteiger charge is -2.39. The van der Waals surface area contributed by atoms with Crippen LogP contribution in [0.15, 0.2) is 0 Å². The van der Waals surface area contributed by atoms with Gasteiger partial charge < -0.3 is 24.1 Å². The van der Waals surface area contributed by atoms with E-state index >= 15 is 0 Å². The Bertz CT molecular complexity index is 291. The maximum atomic E-state index is 10.4. The molecule has 5 heteroatoms. The second kappa shape index (κ2) is 3.67. The zero-order chi connectivity index (χ0) is 13.3. The van der Waals surface area contributed by atoms with Crippen LogP contribution in [-0.2, 0) is 18.9 Å². The first-order valence-corrected chi connectivity index (χ1v) is 6.59. The molecule has 0 spiro atoms. The minimum absolute atomic E-state index is 0.131. The molecule has 0 amide bonds. The smallest absolute Gasteiger partial charge is 0.163 e. The number of fused-ring (bicyclic) bond motifs is 2. The fourth-order valence-electron chi connectivity index (χ4n) is 3.35. The minimum Gasteiger partial charge on any atom is -0.387 e. The molecule has 0 aromatic rings. The fraction of sp³-hybridized carbons (Fsp3) is 1.00. The van der Waals surface area contributed by atoms with Gasteiger partial charge in [0, 0.05) is 5.92 Å². The van der Waals surface area contributed by atoms with Crippen molar-refractivity contribution in [1.29, 1.82) is 0 Å². The molecule has 3 fully saturated rings. The van der Waals surface area contributed by atoms with Crippen LogP contribution in [0.5, 0.6) is 0 Å². The lowest BCUT2D eigenvalue weighted by atomic mass is 9.80. The Morgan fingerprint density at radius 1 is 0.722 bits per heavy atom. The molecule has 6 atom stereocenters. The largest absolute Gasteiger partial charge is 0.387 e. The molecule has 0 aromatic heterocycles. The van der Waals surface area contributed by atoms with E-state index in [4.69, 9.17) is 18.9 Å². The number of aliphatic hydroxyl groups is 1. The van der Waals surface area contributed by atoms with Gasteiger partial charge in [-0.15, -0.1) is 0 Å². The van der Waals surface area contributed by atoms with Gasteiger partial charge in [-0.25, -0.2) is 0 Å². The first-order valence-electron chi connectivity index (χ1n) is 6.59. The van der Waals surface area contributed by atoms with Crippen molar-refractivity contribution in [2.24, 2.45) is 5.92 Å². The molecule has 0 bridgehead atoms. The van der Waals surface area contributed by atoms with Crippen molar-refractivity contribution in [3.05, 3.63) is 0 Å². The van der Waals surface area contributed by atoms with Crippen LogP contribution < -0.4 is 0 Å². The van der Waals surface area contributed by atoms with Crippen molar-refractivity contribution in [3.8, 4) is 0 Å². The molecule has 18 heavy (non-hydrogen) atoms. The minimum atomic E-state index is -0.709. The van der Waals surface area contributed by atoms with Gasteiger partial charge in [0.2, 0.25) is 0 Å². The Balaban J connectivity index is 1.88. The van der Waals surface area contributed by atoms with Crippen LogP contribution in [-0.4, -0.2) is 47.2 Å². The standard InChI is InChI=1S/C13H22O5/c1-6-8-10(17-12(2,3)15-8)7(14)11-9(6)16-13(4,5)18-11/h6-11,14H,1-5H3/t6?,7?,8-,9+,10-,11+. The van der Waals surface area contributed by atoms with Crippen LogP contribution >= 0.6 is 0 Å². The molecule has 2 unspecified atom stereocenters. The molecule has 1 aliphatic carbocycles. The molecule has 2 aliphatic heterocycles. The number of aliphatic hydroxyl groups excluding tert-OH is 1. The van der Waals surface area contributed by atoms with E-state index in [9.17, 15) is 5.11 Å². The Morgan fingerprint density at radius 3 is 1.44 bits per heavy atom. The first-order chi connectivity index (χ1) is 8.20. The summed E-state index contributed by atoms with van der Waals surface area (Å²) in [6.45, 7) is 9.54. The third-order valence-corrected chi connectivity index (χ3v) is 4.04. The van der Waals surface area contributed by atoms with Crippen molar-refractivity contribution in [3.63, 3.8) is 0 Å². The van der Waals surface area contributed by atoms with Gasteiger partial charge in [0.15, 0.2) is 11.6 Å². The molecule has 1 N–H and O–H groups in total. The second-order valence-electron chi connectivity index (χ2n) is 6.48. The molecule has 3 rings (SSSR count). The molecule has 0 radical (unpaired) electrons. The van der Waals surface area contributed by atoms with E-state index in [2.05, 4.69) is 6.92 Å². The Morgan fingerprint density at radius 2 is 1.06 bits per heavy atom. The van der Waals surface area contributed by atoms with Gasteiger partial charge in [-0.05, 0) is 27.7 Å². The van der Waals surface area contributed by atoms with E-state index in [1.807, 2.05) is 27.7 Å². The van der Waals surface area contributed by atoms with Crippen molar-refractivity contribution in [2.45, 2.75) is 76.7 Å². The van der Waals surface area contributed by atoms with E-state index in [0.717, 1.165) is 0 Å². The van der Waals surface area contributed by atoms with E-state index in [-0.39, 0.29) is 30.3 Å². The van der Waals surface area contributed by atoms with Crippen LogP contribution in [0.4, 0.5) is 0 Å². The number of ether oxygens (including phenoxy) is 4. The highest BCUT2D eigenvalue weighted by Gasteiger charge is 2.61. The maximum Gasteiger partial charge on any atom is 0.163 e. The summed E-state index contributed by atoms with van der Waals surface area (Å²) in [6.07, 6.45) is -1.68. The highest BCUT2D eigenvalue weighted by molar-refractivity contribution is 5.05. The zero-order valence-corrected chi connectivity index (χ0v) is 11.5. The van der Waals surface area contributed by atoms with Gasteiger partial charge in [-0.2, -0.15) is 0 Å². The van der Waals surface area contributed by atoms with E-state index in [1.165, 1.54) is 0 Å². The molecule has 104 valence electrons. The number of rotatable bonds is 0. The quantitative estimate of drug-likeness (QED) is 0.703. The Hall–Kier alpha value is -0.200. The van der Waals surface area contributed by atoms with Crippen LogP contribution in [0.25, 0.3) is 0 Å². The average molecular weight is 258 g/mol. The molecular formula is C13H22O5. The summed E-state index contributed by atoms with van der Waals surface area (Å²) in [5.41, 5.74) is 0. The van der Waals surface area contributed by atoms with E-state index in [0.29, 0.717) is 0 Å². The summed E-state index contributed by atoms with van der Waals surface area (Å²) >= 11 is 0. The van der Waals surface area contributed by atoms with Crippen LogP contribution in [0.3, 0.4) is 0 Å². The van der Waals surface area contributed by atoms with Gasteiger partial charge >= 0.3 is 0 Å². The van der Waals surface area contributed by atoms with Gasteiger partial charge in [-0.3, -0.25) is 0 Å². The Labute approximate surface area is 107 Å². The highest BCUT2D eigenvalue weighted by atomic mass is 16.8. The Kier molecular flexibility index (Phi) is 2.61. The zero-order valence-electron chi connectivity index (χ0n) is 11.5. The first kappa shape index (κ1) is 12.8. The van der Waals surface area contributed by atoms with Crippen molar-refractivity contribution in [1.82, 2.24) is 0 Å². The second-order valence-corrected chi connectivity index (χ2v) is 6.48.